The highest BCUT2D eigenvalue weighted by Gasteiger charge is 2.05. The van der Waals surface area contributed by atoms with Crippen LogP contribution in [0.3, 0.4) is 0 Å². The molecule has 0 fully saturated rings. The maximum absolute atomic E-state index is 11.9. The van der Waals surface area contributed by atoms with Gasteiger partial charge in [-0.15, -0.1) is 0 Å². The fraction of sp³-hybridized carbons (Fsp3) is 0.200. The normalized spacial score (nSPS) is 10.1. The molecule has 1 heterocycles. The summed E-state index contributed by atoms with van der Waals surface area (Å²) in [6.07, 6.45) is 1.60. The van der Waals surface area contributed by atoms with Crippen molar-refractivity contribution in [1.29, 1.82) is 0 Å². The largest absolute Gasteiger partial charge is 0.348 e. The van der Waals surface area contributed by atoms with E-state index >= 15 is 0 Å². The van der Waals surface area contributed by atoms with Crippen LogP contribution < -0.4 is 5.32 Å². The number of nitrogens with one attached hydrogen (secondary N) is 1. The summed E-state index contributed by atoms with van der Waals surface area (Å²) < 4.78 is 0. The van der Waals surface area contributed by atoms with Gasteiger partial charge in [-0.05, 0) is 37.1 Å². The van der Waals surface area contributed by atoms with Gasteiger partial charge in [0.15, 0.2) is 0 Å². The van der Waals surface area contributed by atoms with Crippen molar-refractivity contribution in [2.45, 2.75) is 20.4 Å². The summed E-state index contributed by atoms with van der Waals surface area (Å²) >= 11 is 0. The van der Waals surface area contributed by atoms with Crippen LogP contribution in [0.2, 0.25) is 0 Å². The number of hydrogen-bond acceptors (Lipinski definition) is 2. The number of aryl methyl sites for hydroxylation is 2. The molecular weight excluding hydrogens is 224 g/mol. The number of pyridine rings is 1. The van der Waals surface area contributed by atoms with Gasteiger partial charge in [-0.25, -0.2) is 0 Å². The van der Waals surface area contributed by atoms with Crippen molar-refractivity contribution in [2.24, 2.45) is 0 Å². The summed E-state index contributed by atoms with van der Waals surface area (Å²) in [4.78, 5) is 16.0. The lowest BCUT2D eigenvalue weighted by atomic mass is 10.1. The van der Waals surface area contributed by atoms with Gasteiger partial charge < -0.3 is 5.32 Å². The zero-order valence-electron chi connectivity index (χ0n) is 10.6. The third kappa shape index (κ3) is 2.94. The van der Waals surface area contributed by atoms with Crippen molar-refractivity contribution in [3.63, 3.8) is 0 Å². The Hall–Kier alpha value is -2.16. The minimum atomic E-state index is -0.0919. The molecule has 1 N–H and O–H groups in total. The molecule has 2 aromatic rings. The monoisotopic (exact) mass is 240 g/mol. The zero-order chi connectivity index (χ0) is 13.0. The zero-order valence-corrected chi connectivity index (χ0v) is 10.6. The van der Waals surface area contributed by atoms with Crippen LogP contribution in [0.4, 0.5) is 0 Å². The topological polar surface area (TPSA) is 42.0 Å². The van der Waals surface area contributed by atoms with Crippen molar-refractivity contribution in [2.75, 3.05) is 0 Å². The molecule has 18 heavy (non-hydrogen) atoms. The van der Waals surface area contributed by atoms with Gasteiger partial charge in [0.05, 0.1) is 5.56 Å². The van der Waals surface area contributed by atoms with Crippen LogP contribution >= 0.6 is 0 Å². The molecule has 3 nitrogen and oxygen atoms in total. The second-order valence-electron chi connectivity index (χ2n) is 4.30. The number of rotatable bonds is 3. The third-order valence-corrected chi connectivity index (χ3v) is 2.87. The summed E-state index contributed by atoms with van der Waals surface area (Å²) in [6.45, 7) is 4.48. The summed E-state index contributed by atoms with van der Waals surface area (Å²) in [5, 5.41) is 2.90. The van der Waals surface area contributed by atoms with E-state index in [-0.39, 0.29) is 5.91 Å². The lowest BCUT2D eigenvalue weighted by Gasteiger charge is -2.07. The molecule has 0 spiro atoms. The first-order valence-electron chi connectivity index (χ1n) is 5.92. The highest BCUT2D eigenvalue weighted by Crippen LogP contribution is 2.07. The summed E-state index contributed by atoms with van der Waals surface area (Å²) in [6, 6.07) is 11.6. The van der Waals surface area contributed by atoms with Crippen LogP contribution in [0.5, 0.6) is 0 Å². The van der Waals surface area contributed by atoms with Crippen LogP contribution in [0, 0.1) is 13.8 Å². The lowest BCUT2D eigenvalue weighted by Crippen LogP contribution is -2.23. The minimum absolute atomic E-state index is 0.0919. The van der Waals surface area contributed by atoms with E-state index in [9.17, 15) is 4.79 Å². The maximum atomic E-state index is 11.9. The Morgan fingerprint density at radius 1 is 1.17 bits per heavy atom. The van der Waals surface area contributed by atoms with E-state index in [1.54, 1.807) is 12.3 Å². The number of nitrogens with zero attached hydrogens (tertiary/aromatic N) is 1. The molecule has 0 radical (unpaired) electrons. The molecule has 1 amide bonds. The molecule has 0 unspecified atom stereocenters. The van der Waals surface area contributed by atoms with E-state index in [2.05, 4.69) is 10.3 Å². The second kappa shape index (κ2) is 5.45. The number of carbonyl (C=O) groups excluding carboxylic acids is 1. The first-order valence-corrected chi connectivity index (χ1v) is 5.92. The summed E-state index contributed by atoms with van der Waals surface area (Å²) in [5.41, 5.74) is 3.81. The Morgan fingerprint density at radius 3 is 2.61 bits per heavy atom. The van der Waals surface area contributed by atoms with Gasteiger partial charge in [-0.1, -0.05) is 24.3 Å². The van der Waals surface area contributed by atoms with Gasteiger partial charge in [0.25, 0.3) is 5.91 Å². The standard InChI is InChI=1S/C15H16N2O/c1-11-5-3-4-6-13(11)9-17-15(18)14-8-7-12(2)16-10-14/h3-8,10H,9H2,1-2H3,(H,17,18). The first-order chi connectivity index (χ1) is 8.66. The Bertz CT molecular complexity index is 547. The van der Waals surface area contributed by atoms with E-state index in [1.165, 1.54) is 5.56 Å². The van der Waals surface area contributed by atoms with Gasteiger partial charge in [0.1, 0.15) is 0 Å². The average molecular weight is 240 g/mol. The van der Waals surface area contributed by atoms with E-state index < -0.39 is 0 Å². The minimum Gasteiger partial charge on any atom is -0.348 e. The SMILES string of the molecule is Cc1ccc(C(=O)NCc2ccccc2C)cn1. The summed E-state index contributed by atoms with van der Waals surface area (Å²) in [7, 11) is 0. The Balaban J connectivity index is 2.01. The van der Waals surface area contributed by atoms with Crippen LogP contribution in [-0.2, 0) is 6.54 Å². The molecule has 1 aromatic carbocycles. The van der Waals surface area contributed by atoms with E-state index in [0.29, 0.717) is 12.1 Å². The Labute approximate surface area is 107 Å². The van der Waals surface area contributed by atoms with Gasteiger partial charge in [-0.2, -0.15) is 0 Å². The van der Waals surface area contributed by atoms with Gasteiger partial charge in [-0.3, -0.25) is 9.78 Å². The molecule has 0 saturated heterocycles. The molecule has 0 aliphatic rings. The second-order valence-corrected chi connectivity index (χ2v) is 4.30. The van der Waals surface area contributed by atoms with Crippen molar-refractivity contribution in [3.8, 4) is 0 Å². The Morgan fingerprint density at radius 2 is 1.94 bits per heavy atom. The Kier molecular flexibility index (Phi) is 3.72. The van der Waals surface area contributed by atoms with Gasteiger partial charge in [0, 0.05) is 18.4 Å². The van der Waals surface area contributed by atoms with E-state index in [0.717, 1.165) is 11.3 Å². The maximum Gasteiger partial charge on any atom is 0.253 e. The van der Waals surface area contributed by atoms with Crippen molar-refractivity contribution in [1.82, 2.24) is 10.3 Å². The van der Waals surface area contributed by atoms with Crippen molar-refractivity contribution in [3.05, 3.63) is 65.0 Å². The number of carbonyl (C=O) groups is 1. The number of amides is 1. The fourth-order valence-corrected chi connectivity index (χ4v) is 1.69. The van der Waals surface area contributed by atoms with Gasteiger partial charge >= 0.3 is 0 Å². The van der Waals surface area contributed by atoms with Crippen LogP contribution in [-0.4, -0.2) is 10.9 Å². The molecule has 0 saturated carbocycles. The van der Waals surface area contributed by atoms with Gasteiger partial charge in [0.2, 0.25) is 0 Å². The molecule has 0 aliphatic heterocycles. The molecule has 0 bridgehead atoms. The molecule has 3 heteroatoms. The highest BCUT2D eigenvalue weighted by molar-refractivity contribution is 5.93. The molecular formula is C15H16N2O. The van der Waals surface area contributed by atoms with Crippen LogP contribution in [0.25, 0.3) is 0 Å². The number of aromatic nitrogens is 1. The predicted octanol–water partition coefficient (Wildman–Crippen LogP) is 2.63. The molecule has 92 valence electrons. The summed E-state index contributed by atoms with van der Waals surface area (Å²) in [5.74, 6) is -0.0919. The first kappa shape index (κ1) is 12.3. The quantitative estimate of drug-likeness (QED) is 0.896. The highest BCUT2D eigenvalue weighted by atomic mass is 16.1. The molecule has 0 atom stereocenters. The molecule has 2 rings (SSSR count). The lowest BCUT2D eigenvalue weighted by molar-refractivity contribution is 0.0950. The van der Waals surface area contributed by atoms with E-state index in [4.69, 9.17) is 0 Å². The van der Waals surface area contributed by atoms with Crippen LogP contribution in [0.15, 0.2) is 42.6 Å². The average Bonchev–Trinajstić information content (AvgIpc) is 2.38. The fourth-order valence-electron chi connectivity index (χ4n) is 1.69. The third-order valence-electron chi connectivity index (χ3n) is 2.87. The smallest absolute Gasteiger partial charge is 0.253 e. The predicted molar refractivity (Wildman–Crippen MR) is 71.3 cm³/mol. The van der Waals surface area contributed by atoms with E-state index in [1.807, 2.05) is 44.2 Å². The van der Waals surface area contributed by atoms with Crippen LogP contribution in [0.1, 0.15) is 27.2 Å². The molecule has 0 aliphatic carbocycles. The van der Waals surface area contributed by atoms with Crippen molar-refractivity contribution >= 4 is 5.91 Å². The number of hydrogen-bond donors (Lipinski definition) is 1. The number of benzene rings is 1. The molecule has 1 aromatic heterocycles. The van der Waals surface area contributed by atoms with Crippen molar-refractivity contribution < 1.29 is 4.79 Å².